The van der Waals surface area contributed by atoms with Gasteiger partial charge >= 0.3 is 0 Å². The standard InChI is InChI=1S/C14H20N2O2/c1-10(17)14(3,4)16(11(2)18)9-12-7-5-6-8-13(12)15/h5-8H,9,15H2,1-4H3. The molecule has 0 unspecified atom stereocenters. The van der Waals surface area contributed by atoms with E-state index in [4.69, 9.17) is 5.73 Å². The van der Waals surface area contributed by atoms with Crippen LogP contribution in [0.3, 0.4) is 0 Å². The SMILES string of the molecule is CC(=O)N(Cc1ccccc1N)C(C)(C)C(C)=O. The highest BCUT2D eigenvalue weighted by Gasteiger charge is 2.33. The fourth-order valence-electron chi connectivity index (χ4n) is 1.74. The van der Waals surface area contributed by atoms with Gasteiger partial charge in [0.05, 0.1) is 5.54 Å². The minimum Gasteiger partial charge on any atom is -0.398 e. The molecule has 0 aliphatic rings. The highest BCUT2D eigenvalue weighted by atomic mass is 16.2. The molecule has 0 atom stereocenters. The second kappa shape index (κ2) is 5.21. The third-order valence-electron chi connectivity index (χ3n) is 3.30. The summed E-state index contributed by atoms with van der Waals surface area (Å²) in [5.74, 6) is -0.189. The summed E-state index contributed by atoms with van der Waals surface area (Å²) in [7, 11) is 0. The predicted molar refractivity (Wildman–Crippen MR) is 71.8 cm³/mol. The summed E-state index contributed by atoms with van der Waals surface area (Å²) < 4.78 is 0. The van der Waals surface area contributed by atoms with Gasteiger partial charge in [-0.1, -0.05) is 18.2 Å². The Morgan fingerprint density at radius 2 is 1.78 bits per heavy atom. The molecule has 4 nitrogen and oxygen atoms in total. The molecule has 0 fully saturated rings. The first kappa shape index (κ1) is 14.2. The third-order valence-corrected chi connectivity index (χ3v) is 3.30. The lowest BCUT2D eigenvalue weighted by Crippen LogP contribution is -2.51. The maximum Gasteiger partial charge on any atom is 0.220 e. The molecule has 0 radical (unpaired) electrons. The molecule has 0 aliphatic carbocycles. The molecule has 1 amide bonds. The summed E-state index contributed by atoms with van der Waals surface area (Å²) in [6, 6.07) is 7.35. The summed E-state index contributed by atoms with van der Waals surface area (Å²) in [5.41, 5.74) is 6.52. The molecule has 1 aromatic carbocycles. The van der Waals surface area contributed by atoms with Gasteiger partial charge in [-0.2, -0.15) is 0 Å². The molecule has 0 saturated carbocycles. The van der Waals surface area contributed by atoms with Crippen LogP contribution in [0.1, 0.15) is 33.3 Å². The molecule has 0 bridgehead atoms. The largest absolute Gasteiger partial charge is 0.398 e. The van der Waals surface area contributed by atoms with Crippen LogP contribution in [0, 0.1) is 0 Å². The predicted octanol–water partition coefficient (Wildman–Crippen LogP) is 1.98. The van der Waals surface area contributed by atoms with Crippen molar-refractivity contribution >= 4 is 17.4 Å². The maximum atomic E-state index is 11.7. The summed E-state index contributed by atoms with van der Waals surface area (Å²) in [4.78, 5) is 24.9. The van der Waals surface area contributed by atoms with Crippen molar-refractivity contribution in [1.82, 2.24) is 4.90 Å². The number of benzene rings is 1. The minimum absolute atomic E-state index is 0.0489. The van der Waals surface area contributed by atoms with Crippen molar-refractivity contribution in [2.45, 2.75) is 39.8 Å². The van der Waals surface area contributed by atoms with Crippen molar-refractivity contribution in [3.05, 3.63) is 29.8 Å². The van der Waals surface area contributed by atoms with Crippen molar-refractivity contribution in [1.29, 1.82) is 0 Å². The van der Waals surface area contributed by atoms with Gasteiger partial charge in [-0.3, -0.25) is 9.59 Å². The Labute approximate surface area is 108 Å². The van der Waals surface area contributed by atoms with Gasteiger partial charge in [-0.25, -0.2) is 0 Å². The van der Waals surface area contributed by atoms with E-state index in [0.717, 1.165) is 5.56 Å². The van der Waals surface area contributed by atoms with Crippen molar-refractivity contribution < 1.29 is 9.59 Å². The molecule has 98 valence electrons. The number of anilines is 1. The van der Waals surface area contributed by atoms with E-state index in [1.165, 1.54) is 13.8 Å². The van der Waals surface area contributed by atoms with E-state index in [0.29, 0.717) is 12.2 Å². The van der Waals surface area contributed by atoms with E-state index in [2.05, 4.69) is 0 Å². The first-order valence-electron chi connectivity index (χ1n) is 5.89. The van der Waals surface area contributed by atoms with Crippen LogP contribution >= 0.6 is 0 Å². The molecule has 2 N–H and O–H groups in total. The second-order valence-electron chi connectivity index (χ2n) is 4.92. The molecule has 4 heteroatoms. The molecule has 18 heavy (non-hydrogen) atoms. The molecule has 0 spiro atoms. The fraction of sp³-hybridized carbons (Fsp3) is 0.429. The first-order chi connectivity index (χ1) is 8.26. The van der Waals surface area contributed by atoms with Gasteiger partial charge in [0, 0.05) is 19.2 Å². The highest BCUT2D eigenvalue weighted by Crippen LogP contribution is 2.22. The molecule has 0 aromatic heterocycles. The van der Waals surface area contributed by atoms with Crippen LogP contribution in [0.15, 0.2) is 24.3 Å². The number of rotatable bonds is 4. The van der Waals surface area contributed by atoms with E-state index < -0.39 is 5.54 Å². The number of nitrogens with two attached hydrogens (primary N) is 1. The minimum atomic E-state index is -0.825. The first-order valence-corrected chi connectivity index (χ1v) is 5.89. The molecule has 1 aromatic rings. The number of nitrogens with zero attached hydrogens (tertiary/aromatic N) is 1. The smallest absolute Gasteiger partial charge is 0.220 e. The zero-order valence-electron chi connectivity index (χ0n) is 11.4. The van der Waals surface area contributed by atoms with Gasteiger partial charge in [-0.05, 0) is 32.4 Å². The van der Waals surface area contributed by atoms with Crippen LogP contribution in [0.4, 0.5) is 5.69 Å². The van der Waals surface area contributed by atoms with Crippen molar-refractivity contribution in [3.63, 3.8) is 0 Å². The Hall–Kier alpha value is -1.84. The van der Waals surface area contributed by atoms with Crippen LogP contribution in [0.25, 0.3) is 0 Å². The van der Waals surface area contributed by atoms with E-state index in [1.54, 1.807) is 24.8 Å². The molecule has 1 rings (SSSR count). The molecular formula is C14H20N2O2. The maximum absolute atomic E-state index is 11.7. The Balaban J connectivity index is 3.06. The lowest BCUT2D eigenvalue weighted by Gasteiger charge is -2.36. The zero-order valence-corrected chi connectivity index (χ0v) is 11.4. The molecule has 0 aliphatic heterocycles. The fourth-order valence-corrected chi connectivity index (χ4v) is 1.74. The van der Waals surface area contributed by atoms with Gasteiger partial charge in [-0.15, -0.1) is 0 Å². The number of ketones is 1. The van der Waals surface area contributed by atoms with Crippen LogP contribution in [0.2, 0.25) is 0 Å². The number of carbonyl (C=O) groups excluding carboxylic acids is 2. The quantitative estimate of drug-likeness (QED) is 0.829. The summed E-state index contributed by atoms with van der Waals surface area (Å²) >= 11 is 0. The van der Waals surface area contributed by atoms with Crippen molar-refractivity contribution in [2.24, 2.45) is 0 Å². The zero-order chi connectivity index (χ0) is 13.9. The van der Waals surface area contributed by atoms with Gasteiger partial charge in [0.15, 0.2) is 5.78 Å². The molecular weight excluding hydrogens is 228 g/mol. The van der Waals surface area contributed by atoms with Gasteiger partial charge in [0.1, 0.15) is 0 Å². The van der Waals surface area contributed by atoms with Gasteiger partial charge < -0.3 is 10.6 Å². The van der Waals surface area contributed by atoms with E-state index in [1.807, 2.05) is 18.2 Å². The van der Waals surface area contributed by atoms with E-state index in [9.17, 15) is 9.59 Å². The summed E-state index contributed by atoms with van der Waals surface area (Å²) in [6.07, 6.45) is 0. The average molecular weight is 248 g/mol. The highest BCUT2D eigenvalue weighted by molar-refractivity contribution is 5.90. The Kier molecular flexibility index (Phi) is 4.11. The lowest BCUT2D eigenvalue weighted by molar-refractivity contribution is -0.143. The van der Waals surface area contributed by atoms with E-state index in [-0.39, 0.29) is 11.7 Å². The van der Waals surface area contributed by atoms with Gasteiger partial charge in [0.2, 0.25) is 5.91 Å². The van der Waals surface area contributed by atoms with Crippen LogP contribution in [0.5, 0.6) is 0 Å². The number of nitrogen functional groups attached to an aromatic ring is 1. The van der Waals surface area contributed by atoms with Crippen LogP contribution < -0.4 is 5.73 Å². The average Bonchev–Trinajstić information content (AvgIpc) is 2.26. The monoisotopic (exact) mass is 248 g/mol. The molecule has 0 saturated heterocycles. The normalized spacial score (nSPS) is 11.1. The Morgan fingerprint density at radius 3 is 2.22 bits per heavy atom. The van der Waals surface area contributed by atoms with Crippen LogP contribution in [-0.4, -0.2) is 22.1 Å². The number of para-hydroxylation sites is 1. The summed E-state index contributed by atoms with van der Waals surface area (Å²) in [6.45, 7) is 6.79. The number of hydrogen-bond donors (Lipinski definition) is 1. The van der Waals surface area contributed by atoms with Gasteiger partial charge in [0.25, 0.3) is 0 Å². The number of Topliss-reactive ketones (excluding diaryl/α,β-unsaturated/α-hetero) is 1. The second-order valence-corrected chi connectivity index (χ2v) is 4.92. The van der Waals surface area contributed by atoms with Crippen molar-refractivity contribution in [3.8, 4) is 0 Å². The van der Waals surface area contributed by atoms with Crippen molar-refractivity contribution in [2.75, 3.05) is 5.73 Å². The molecule has 0 heterocycles. The Morgan fingerprint density at radius 1 is 1.22 bits per heavy atom. The third kappa shape index (κ3) is 2.88. The van der Waals surface area contributed by atoms with Crippen LogP contribution in [-0.2, 0) is 16.1 Å². The number of carbonyl (C=O) groups is 2. The topological polar surface area (TPSA) is 63.4 Å². The number of amides is 1. The van der Waals surface area contributed by atoms with E-state index >= 15 is 0 Å². The number of hydrogen-bond acceptors (Lipinski definition) is 3. The summed E-state index contributed by atoms with van der Waals surface area (Å²) in [5, 5.41) is 0. The lowest BCUT2D eigenvalue weighted by atomic mass is 9.96. The Bertz CT molecular complexity index is 467.